The van der Waals surface area contributed by atoms with Crippen LogP contribution in [0, 0.1) is 5.92 Å². The molecule has 2 rings (SSSR count). The molecule has 0 aromatic carbocycles. The largest absolute Gasteiger partial charge is 0.393 e. The Labute approximate surface area is 123 Å². The maximum Gasteiger partial charge on any atom is 0.270 e. The van der Waals surface area contributed by atoms with Gasteiger partial charge in [-0.15, -0.1) is 11.3 Å². The first-order valence-electron chi connectivity index (χ1n) is 7.11. The summed E-state index contributed by atoms with van der Waals surface area (Å²) in [6.45, 7) is 5.16. The van der Waals surface area contributed by atoms with Gasteiger partial charge in [0.15, 0.2) is 0 Å². The van der Waals surface area contributed by atoms with Crippen LogP contribution in [-0.4, -0.2) is 35.3 Å². The van der Waals surface area contributed by atoms with Crippen LogP contribution in [0.4, 0.5) is 0 Å². The van der Waals surface area contributed by atoms with E-state index in [1.807, 2.05) is 13.8 Å². The molecule has 5 nitrogen and oxygen atoms in total. The smallest absolute Gasteiger partial charge is 0.270 e. The number of hydrogen-bond acceptors (Lipinski definition) is 5. The van der Waals surface area contributed by atoms with Gasteiger partial charge in [0.05, 0.1) is 6.10 Å². The zero-order valence-electron chi connectivity index (χ0n) is 12.0. The predicted molar refractivity (Wildman–Crippen MR) is 77.8 cm³/mol. The lowest BCUT2D eigenvalue weighted by molar-refractivity contribution is 0.0914. The summed E-state index contributed by atoms with van der Waals surface area (Å²) >= 11 is 1.47. The van der Waals surface area contributed by atoms with Crippen LogP contribution < -0.4 is 5.32 Å². The van der Waals surface area contributed by atoms with Gasteiger partial charge in [0.2, 0.25) is 0 Å². The van der Waals surface area contributed by atoms with E-state index >= 15 is 0 Å². The molecule has 112 valence electrons. The van der Waals surface area contributed by atoms with Gasteiger partial charge in [-0.05, 0) is 25.2 Å². The Morgan fingerprint density at radius 2 is 2.45 bits per heavy atom. The number of nitrogens with zero attached hydrogens (tertiary/aromatic N) is 1. The van der Waals surface area contributed by atoms with Crippen LogP contribution in [-0.2, 0) is 4.74 Å². The van der Waals surface area contributed by atoms with Crippen LogP contribution in [0.15, 0.2) is 5.38 Å². The molecule has 6 heteroatoms. The Balaban J connectivity index is 1.80. The molecule has 1 aliphatic rings. The second kappa shape index (κ2) is 7.15. The van der Waals surface area contributed by atoms with E-state index in [-0.39, 0.29) is 24.0 Å². The fraction of sp³-hybridized carbons (Fsp3) is 0.714. The van der Waals surface area contributed by atoms with Crippen molar-refractivity contribution in [2.24, 2.45) is 5.92 Å². The maximum absolute atomic E-state index is 11.9. The van der Waals surface area contributed by atoms with Gasteiger partial charge in [0.1, 0.15) is 16.8 Å². The quantitative estimate of drug-likeness (QED) is 0.844. The highest BCUT2D eigenvalue weighted by Gasteiger charge is 2.22. The second-order valence-electron chi connectivity index (χ2n) is 5.43. The number of ether oxygens (including phenoxy) is 1. The molecule has 0 aliphatic carbocycles. The molecule has 0 saturated carbocycles. The van der Waals surface area contributed by atoms with E-state index in [1.54, 1.807) is 5.38 Å². The lowest BCUT2D eigenvalue weighted by atomic mass is 10.0. The first kappa shape index (κ1) is 15.4. The number of aliphatic hydroxyl groups is 1. The molecule has 2 unspecified atom stereocenters. The normalized spacial score (nSPS) is 20.3. The molecule has 2 N–H and O–H groups in total. The summed E-state index contributed by atoms with van der Waals surface area (Å²) < 4.78 is 5.55. The van der Waals surface area contributed by atoms with Crippen LogP contribution >= 0.6 is 11.3 Å². The average Bonchev–Trinajstić information content (AvgIpc) is 3.08. The third-order valence-electron chi connectivity index (χ3n) is 3.45. The van der Waals surface area contributed by atoms with Crippen molar-refractivity contribution in [2.45, 2.75) is 45.3 Å². The summed E-state index contributed by atoms with van der Waals surface area (Å²) in [7, 11) is 0. The van der Waals surface area contributed by atoms with Crippen LogP contribution in [0.1, 0.15) is 54.7 Å². The van der Waals surface area contributed by atoms with E-state index in [2.05, 4.69) is 10.3 Å². The monoisotopic (exact) mass is 298 g/mol. The Kier molecular flexibility index (Phi) is 5.51. The summed E-state index contributed by atoms with van der Waals surface area (Å²) in [6, 6.07) is 0. The van der Waals surface area contributed by atoms with Crippen molar-refractivity contribution < 1.29 is 14.6 Å². The van der Waals surface area contributed by atoms with Crippen molar-refractivity contribution in [3.05, 3.63) is 16.1 Å². The van der Waals surface area contributed by atoms with Gasteiger partial charge in [-0.3, -0.25) is 4.79 Å². The summed E-state index contributed by atoms with van der Waals surface area (Å²) in [4.78, 5) is 16.3. The first-order chi connectivity index (χ1) is 9.58. The SMILES string of the molecule is CC(C)C(O)CCNC(=O)c1csc(C2CCCO2)n1. The Bertz CT molecular complexity index is 441. The standard InChI is InChI=1S/C14H22N2O3S/c1-9(2)11(17)5-6-15-13(18)10-8-20-14(16-10)12-4-3-7-19-12/h8-9,11-12,17H,3-7H2,1-2H3,(H,15,18). The minimum Gasteiger partial charge on any atom is -0.393 e. The molecule has 20 heavy (non-hydrogen) atoms. The minimum absolute atomic E-state index is 0.0595. The van der Waals surface area contributed by atoms with Gasteiger partial charge in [-0.2, -0.15) is 0 Å². The molecule has 0 radical (unpaired) electrons. The Morgan fingerprint density at radius 1 is 1.65 bits per heavy atom. The molecule has 0 bridgehead atoms. The third-order valence-corrected chi connectivity index (χ3v) is 4.39. The van der Waals surface area contributed by atoms with Crippen molar-refractivity contribution in [1.82, 2.24) is 10.3 Å². The average molecular weight is 298 g/mol. The van der Waals surface area contributed by atoms with E-state index in [0.29, 0.717) is 18.7 Å². The summed E-state index contributed by atoms with van der Waals surface area (Å²) in [5.74, 6) is 0.0266. The highest BCUT2D eigenvalue weighted by atomic mass is 32.1. The molecule has 2 atom stereocenters. The van der Waals surface area contributed by atoms with Crippen LogP contribution in [0.3, 0.4) is 0 Å². The lowest BCUT2D eigenvalue weighted by Crippen LogP contribution is -2.29. The molecule has 1 aliphatic heterocycles. The number of carbonyl (C=O) groups excluding carboxylic acids is 1. The first-order valence-corrected chi connectivity index (χ1v) is 7.99. The van der Waals surface area contributed by atoms with Gasteiger partial charge in [0, 0.05) is 18.5 Å². The predicted octanol–water partition coefficient (Wildman–Crippen LogP) is 2.13. The topological polar surface area (TPSA) is 71.5 Å². The summed E-state index contributed by atoms with van der Waals surface area (Å²) in [5.41, 5.74) is 0.444. The summed E-state index contributed by atoms with van der Waals surface area (Å²) in [5, 5.41) is 15.1. The second-order valence-corrected chi connectivity index (χ2v) is 6.32. The van der Waals surface area contributed by atoms with Crippen LogP contribution in [0.2, 0.25) is 0 Å². The summed E-state index contributed by atoms with van der Waals surface area (Å²) in [6.07, 6.45) is 2.28. The fourth-order valence-corrected chi connectivity index (χ4v) is 2.95. The molecule has 1 fully saturated rings. The van der Waals surface area contributed by atoms with Crippen LogP contribution in [0.5, 0.6) is 0 Å². The van der Waals surface area contributed by atoms with E-state index < -0.39 is 0 Å². The number of rotatable bonds is 6. The maximum atomic E-state index is 11.9. The lowest BCUT2D eigenvalue weighted by Gasteiger charge is -2.14. The number of amides is 1. The van der Waals surface area contributed by atoms with Gasteiger partial charge >= 0.3 is 0 Å². The number of nitrogens with one attached hydrogen (secondary N) is 1. The van der Waals surface area contributed by atoms with E-state index in [9.17, 15) is 9.90 Å². The molecule has 0 spiro atoms. The molecule has 1 saturated heterocycles. The van der Waals surface area contributed by atoms with Crippen molar-refractivity contribution in [2.75, 3.05) is 13.2 Å². The van der Waals surface area contributed by atoms with Crippen molar-refractivity contribution in [3.63, 3.8) is 0 Å². The van der Waals surface area contributed by atoms with E-state index in [0.717, 1.165) is 24.5 Å². The zero-order chi connectivity index (χ0) is 14.5. The van der Waals surface area contributed by atoms with Gasteiger partial charge in [-0.25, -0.2) is 4.98 Å². The van der Waals surface area contributed by atoms with Gasteiger partial charge < -0.3 is 15.2 Å². The Morgan fingerprint density at radius 3 is 3.10 bits per heavy atom. The fourth-order valence-electron chi connectivity index (χ4n) is 2.07. The minimum atomic E-state index is -0.381. The molecular formula is C14H22N2O3S. The van der Waals surface area contributed by atoms with Gasteiger partial charge in [0.25, 0.3) is 5.91 Å². The van der Waals surface area contributed by atoms with Gasteiger partial charge in [-0.1, -0.05) is 13.8 Å². The molecule has 2 heterocycles. The molecule has 1 aromatic rings. The highest BCUT2D eigenvalue weighted by molar-refractivity contribution is 7.09. The van der Waals surface area contributed by atoms with Crippen molar-refractivity contribution >= 4 is 17.2 Å². The molecule has 1 aromatic heterocycles. The molecule has 1 amide bonds. The number of thiazole rings is 1. The van der Waals surface area contributed by atoms with E-state index in [4.69, 9.17) is 4.74 Å². The highest BCUT2D eigenvalue weighted by Crippen LogP contribution is 2.30. The number of aliphatic hydroxyl groups excluding tert-OH is 1. The number of carbonyl (C=O) groups is 1. The van der Waals surface area contributed by atoms with Crippen LogP contribution in [0.25, 0.3) is 0 Å². The third kappa shape index (κ3) is 4.01. The van der Waals surface area contributed by atoms with Crippen molar-refractivity contribution in [3.8, 4) is 0 Å². The molecular weight excluding hydrogens is 276 g/mol. The number of hydrogen-bond donors (Lipinski definition) is 2. The Hall–Kier alpha value is -0.980. The van der Waals surface area contributed by atoms with E-state index in [1.165, 1.54) is 11.3 Å². The zero-order valence-corrected chi connectivity index (χ0v) is 12.8. The number of aromatic nitrogens is 1. The van der Waals surface area contributed by atoms with Crippen molar-refractivity contribution in [1.29, 1.82) is 0 Å².